The van der Waals surface area contributed by atoms with E-state index in [9.17, 15) is 4.79 Å². The quantitative estimate of drug-likeness (QED) is 0.468. The molecule has 0 unspecified atom stereocenters. The third-order valence-corrected chi connectivity index (χ3v) is 5.75. The van der Waals surface area contributed by atoms with Gasteiger partial charge in [-0.1, -0.05) is 18.2 Å². The number of benzene rings is 1. The topological polar surface area (TPSA) is 114 Å². The third-order valence-electron chi connectivity index (χ3n) is 5.75. The van der Waals surface area contributed by atoms with Gasteiger partial charge in [0.05, 0.1) is 17.6 Å². The maximum atomic E-state index is 13.5. The summed E-state index contributed by atoms with van der Waals surface area (Å²) in [7, 11) is 0. The van der Waals surface area contributed by atoms with Crippen molar-refractivity contribution in [2.45, 2.75) is 19.4 Å². The minimum atomic E-state index is -0.500. The Morgan fingerprint density at radius 3 is 2.91 bits per heavy atom. The average molecular weight is 426 g/mol. The van der Waals surface area contributed by atoms with Gasteiger partial charge in [-0.2, -0.15) is 0 Å². The number of furan rings is 1. The largest absolute Gasteiger partial charge is 0.458 e. The van der Waals surface area contributed by atoms with Gasteiger partial charge < -0.3 is 18.7 Å². The normalized spacial score (nSPS) is 15.8. The third kappa shape index (κ3) is 2.89. The van der Waals surface area contributed by atoms with Gasteiger partial charge in [-0.15, -0.1) is 10.2 Å². The second kappa shape index (κ2) is 7.16. The molecule has 0 fully saturated rings. The van der Waals surface area contributed by atoms with E-state index >= 15 is 0 Å². The van der Waals surface area contributed by atoms with Gasteiger partial charge in [0.1, 0.15) is 17.4 Å². The number of carbonyl (C=O) groups excluding carboxylic acids is 1. The highest BCUT2D eigenvalue weighted by Gasteiger charge is 2.38. The first-order chi connectivity index (χ1) is 15.7. The molecule has 1 N–H and O–H groups in total. The van der Waals surface area contributed by atoms with Crippen molar-refractivity contribution in [1.82, 2.24) is 30.0 Å². The molecule has 5 aromatic rings. The molecule has 6 rings (SSSR count). The Kier molecular flexibility index (Phi) is 4.14. The smallest absolute Gasteiger partial charge is 0.312 e. The molecule has 158 valence electrons. The fraction of sp³-hybridized carbons (Fsp3) is 0.174. The Hall–Kier alpha value is -4.27. The first kappa shape index (κ1) is 18.5. The van der Waals surface area contributed by atoms with Crippen LogP contribution in [0.4, 0.5) is 0 Å². The highest BCUT2D eigenvalue weighted by atomic mass is 16.4. The second-order valence-electron chi connectivity index (χ2n) is 7.65. The van der Waals surface area contributed by atoms with Crippen LogP contribution < -0.4 is 0 Å². The van der Waals surface area contributed by atoms with E-state index in [1.54, 1.807) is 23.5 Å². The molecule has 1 atom stereocenters. The monoisotopic (exact) mass is 426 g/mol. The molecule has 1 aromatic carbocycles. The Bertz CT molecular complexity index is 1420. The average Bonchev–Trinajstić information content (AvgIpc) is 3.57. The Morgan fingerprint density at radius 2 is 2.03 bits per heavy atom. The maximum absolute atomic E-state index is 13.5. The number of aryl methyl sites for hydroxylation is 1. The molecular formula is C23H18N6O3. The van der Waals surface area contributed by atoms with Crippen LogP contribution in [0.25, 0.3) is 22.4 Å². The zero-order chi connectivity index (χ0) is 21.7. The van der Waals surface area contributed by atoms with Crippen molar-refractivity contribution in [2.24, 2.45) is 0 Å². The summed E-state index contributed by atoms with van der Waals surface area (Å²) in [5.74, 6) is 0.444. The second-order valence-corrected chi connectivity index (χ2v) is 7.65. The predicted octanol–water partition coefficient (Wildman–Crippen LogP) is 3.70. The number of aromatic amines is 1. The number of hydrogen-bond acceptors (Lipinski definition) is 7. The van der Waals surface area contributed by atoms with Crippen molar-refractivity contribution in [3.63, 3.8) is 0 Å². The number of rotatable bonds is 3. The Balaban J connectivity index is 1.40. The van der Waals surface area contributed by atoms with Crippen molar-refractivity contribution < 1.29 is 13.6 Å². The Labute approximate surface area is 182 Å². The number of imidazole rings is 1. The molecule has 32 heavy (non-hydrogen) atoms. The summed E-state index contributed by atoms with van der Waals surface area (Å²) < 4.78 is 11.9. The molecule has 9 heteroatoms. The summed E-state index contributed by atoms with van der Waals surface area (Å²) >= 11 is 0. The van der Waals surface area contributed by atoms with Crippen LogP contribution in [0.2, 0.25) is 0 Å². The van der Waals surface area contributed by atoms with Crippen molar-refractivity contribution >= 4 is 16.9 Å². The summed E-state index contributed by atoms with van der Waals surface area (Å²) in [6.07, 6.45) is 3.97. The first-order valence-electron chi connectivity index (χ1n) is 10.3. The molecular weight excluding hydrogens is 408 g/mol. The molecule has 1 aliphatic rings. The van der Waals surface area contributed by atoms with E-state index in [4.69, 9.17) is 8.83 Å². The highest BCUT2D eigenvalue weighted by Crippen LogP contribution is 2.37. The zero-order valence-electron chi connectivity index (χ0n) is 17.1. The van der Waals surface area contributed by atoms with Crippen LogP contribution in [0.3, 0.4) is 0 Å². The Morgan fingerprint density at radius 1 is 1.12 bits per heavy atom. The van der Waals surface area contributed by atoms with Gasteiger partial charge in [-0.25, -0.2) is 4.98 Å². The van der Waals surface area contributed by atoms with E-state index in [0.717, 1.165) is 28.1 Å². The first-order valence-corrected chi connectivity index (χ1v) is 10.3. The predicted molar refractivity (Wildman–Crippen MR) is 114 cm³/mol. The van der Waals surface area contributed by atoms with Gasteiger partial charge in [-0.3, -0.25) is 9.78 Å². The van der Waals surface area contributed by atoms with Gasteiger partial charge in [0.15, 0.2) is 0 Å². The van der Waals surface area contributed by atoms with E-state index in [0.29, 0.717) is 24.3 Å². The summed E-state index contributed by atoms with van der Waals surface area (Å²) in [5.41, 5.74) is 3.93. The van der Waals surface area contributed by atoms with Crippen LogP contribution in [-0.4, -0.2) is 42.5 Å². The summed E-state index contributed by atoms with van der Waals surface area (Å²) in [6.45, 7) is 2.31. The van der Waals surface area contributed by atoms with E-state index in [-0.39, 0.29) is 17.7 Å². The number of nitrogens with one attached hydrogen (secondary N) is 1. The van der Waals surface area contributed by atoms with E-state index < -0.39 is 6.04 Å². The minimum Gasteiger partial charge on any atom is -0.458 e. The maximum Gasteiger partial charge on any atom is 0.312 e. The number of fused-ring (bicyclic) bond motifs is 2. The van der Waals surface area contributed by atoms with Crippen LogP contribution in [0.15, 0.2) is 63.8 Å². The van der Waals surface area contributed by atoms with Gasteiger partial charge in [0.2, 0.25) is 5.89 Å². The van der Waals surface area contributed by atoms with Gasteiger partial charge >= 0.3 is 11.8 Å². The molecule has 0 saturated heterocycles. The molecule has 1 aliphatic heterocycles. The van der Waals surface area contributed by atoms with Crippen LogP contribution in [0.1, 0.15) is 39.6 Å². The van der Waals surface area contributed by atoms with Crippen LogP contribution in [0, 0.1) is 6.92 Å². The molecule has 0 saturated carbocycles. The van der Waals surface area contributed by atoms with Gasteiger partial charge in [0, 0.05) is 35.9 Å². The molecule has 0 bridgehead atoms. The van der Waals surface area contributed by atoms with Crippen molar-refractivity contribution in [3.05, 3.63) is 83.7 Å². The van der Waals surface area contributed by atoms with Gasteiger partial charge in [-0.05, 0) is 31.2 Å². The van der Waals surface area contributed by atoms with Crippen LogP contribution in [-0.2, 0) is 6.42 Å². The lowest BCUT2D eigenvalue weighted by Gasteiger charge is -2.32. The number of H-pyrrole nitrogens is 1. The molecule has 1 amide bonds. The zero-order valence-corrected chi connectivity index (χ0v) is 17.1. The summed E-state index contributed by atoms with van der Waals surface area (Å²) in [6, 6.07) is 12.8. The standard InChI is InChI=1S/C23H18N6O3/c1-13-15(6-4-9-24-13)21-27-28-22(32-21)23(30)29-10-8-16-19(26-12-25-16)20(29)18-11-14-5-2-3-7-17(14)31-18/h2-7,9,11-12,20H,8,10H2,1H3,(H,25,26)/t20-/m1/s1. The highest BCUT2D eigenvalue weighted by molar-refractivity contribution is 5.90. The number of pyridine rings is 1. The molecule has 0 radical (unpaired) electrons. The molecule has 5 heterocycles. The van der Waals surface area contributed by atoms with Crippen LogP contribution >= 0.6 is 0 Å². The lowest BCUT2D eigenvalue weighted by atomic mass is 10.00. The summed E-state index contributed by atoms with van der Waals surface area (Å²) in [4.78, 5) is 27.1. The number of carbonyl (C=O) groups is 1. The summed E-state index contributed by atoms with van der Waals surface area (Å²) in [5, 5.41) is 9.07. The molecule has 0 aliphatic carbocycles. The molecule has 0 spiro atoms. The fourth-order valence-corrected chi connectivity index (χ4v) is 4.17. The number of aromatic nitrogens is 5. The molecule has 4 aromatic heterocycles. The fourth-order valence-electron chi connectivity index (χ4n) is 4.17. The lowest BCUT2D eigenvalue weighted by Crippen LogP contribution is -2.40. The number of hydrogen-bond donors (Lipinski definition) is 1. The van der Waals surface area contributed by atoms with E-state index in [1.165, 1.54) is 0 Å². The SMILES string of the molecule is Cc1ncccc1-c1nnc(C(=O)N2CCc3[nH]cnc3[C@H]2c2cc3ccccc3o2)o1. The van der Waals surface area contributed by atoms with Crippen molar-refractivity contribution in [3.8, 4) is 11.5 Å². The number of nitrogens with zero attached hydrogens (tertiary/aromatic N) is 5. The number of para-hydroxylation sites is 1. The molecule has 9 nitrogen and oxygen atoms in total. The lowest BCUT2D eigenvalue weighted by molar-refractivity contribution is 0.0632. The van der Waals surface area contributed by atoms with E-state index in [2.05, 4.69) is 25.1 Å². The van der Waals surface area contributed by atoms with E-state index in [1.807, 2.05) is 43.3 Å². The minimum absolute atomic E-state index is 0.0802. The van der Waals surface area contributed by atoms with Gasteiger partial charge in [0.25, 0.3) is 0 Å². The van der Waals surface area contributed by atoms with Crippen molar-refractivity contribution in [2.75, 3.05) is 6.54 Å². The van der Waals surface area contributed by atoms with Crippen molar-refractivity contribution in [1.29, 1.82) is 0 Å². The van der Waals surface area contributed by atoms with Crippen LogP contribution in [0.5, 0.6) is 0 Å². The number of amides is 1.